The third-order valence-electron chi connectivity index (χ3n) is 4.63. The van der Waals surface area contributed by atoms with Crippen molar-refractivity contribution in [2.45, 2.75) is 13.3 Å². The number of benzene rings is 3. The molecular formula is C22H17NO2. The van der Waals surface area contributed by atoms with Gasteiger partial charge in [0, 0.05) is 22.4 Å². The van der Waals surface area contributed by atoms with Crippen LogP contribution in [0.4, 0.5) is 5.69 Å². The predicted molar refractivity (Wildman–Crippen MR) is 99.1 cm³/mol. The van der Waals surface area contributed by atoms with Crippen LogP contribution in [0.25, 0.3) is 11.1 Å². The van der Waals surface area contributed by atoms with Gasteiger partial charge in [-0.15, -0.1) is 0 Å². The van der Waals surface area contributed by atoms with Crippen LogP contribution in [0.3, 0.4) is 0 Å². The number of para-hydroxylation sites is 1. The number of rotatable bonds is 3. The fraction of sp³-hybridized carbons (Fsp3) is 0.0909. The Kier molecular flexibility index (Phi) is 3.69. The largest absolute Gasteiger partial charge is 0.322 e. The molecule has 0 unspecified atom stereocenters. The van der Waals surface area contributed by atoms with E-state index in [9.17, 15) is 9.59 Å². The summed E-state index contributed by atoms with van der Waals surface area (Å²) in [4.78, 5) is 25.2. The van der Waals surface area contributed by atoms with Gasteiger partial charge in [-0.25, -0.2) is 0 Å². The number of carbonyl (C=O) groups is 2. The summed E-state index contributed by atoms with van der Waals surface area (Å²) in [6, 6.07) is 20.6. The highest BCUT2D eigenvalue weighted by molar-refractivity contribution is 6.22. The smallest absolute Gasteiger partial charge is 0.255 e. The van der Waals surface area contributed by atoms with Gasteiger partial charge < -0.3 is 5.32 Å². The minimum Gasteiger partial charge on any atom is -0.322 e. The number of anilines is 1. The van der Waals surface area contributed by atoms with Gasteiger partial charge in [-0.05, 0) is 41.3 Å². The SMILES string of the molecule is CCc1ccccc1NC(=O)c1ccc2c(c1)C(=O)c1ccccc1-2. The fourth-order valence-corrected chi connectivity index (χ4v) is 3.31. The maximum absolute atomic E-state index is 12.6. The highest BCUT2D eigenvalue weighted by atomic mass is 16.1. The Morgan fingerprint density at radius 2 is 1.52 bits per heavy atom. The van der Waals surface area contributed by atoms with Crippen LogP contribution in [0, 0.1) is 0 Å². The number of hydrogen-bond donors (Lipinski definition) is 1. The van der Waals surface area contributed by atoms with Gasteiger partial charge in [0.1, 0.15) is 0 Å². The Labute approximate surface area is 146 Å². The van der Waals surface area contributed by atoms with Crippen LogP contribution >= 0.6 is 0 Å². The van der Waals surface area contributed by atoms with E-state index in [1.165, 1.54) is 0 Å². The molecule has 0 saturated heterocycles. The first-order valence-electron chi connectivity index (χ1n) is 8.36. The van der Waals surface area contributed by atoms with Crippen LogP contribution < -0.4 is 5.32 Å². The van der Waals surface area contributed by atoms with E-state index in [0.717, 1.165) is 28.8 Å². The maximum Gasteiger partial charge on any atom is 0.255 e. The van der Waals surface area contributed by atoms with E-state index in [4.69, 9.17) is 0 Å². The molecule has 1 amide bonds. The monoisotopic (exact) mass is 327 g/mol. The second-order valence-electron chi connectivity index (χ2n) is 6.10. The molecule has 0 aliphatic heterocycles. The highest BCUT2D eigenvalue weighted by Crippen LogP contribution is 2.36. The van der Waals surface area contributed by atoms with E-state index in [1.807, 2.05) is 54.6 Å². The van der Waals surface area contributed by atoms with E-state index < -0.39 is 0 Å². The molecule has 3 heteroatoms. The third-order valence-corrected chi connectivity index (χ3v) is 4.63. The van der Waals surface area contributed by atoms with Crippen LogP contribution in [-0.2, 0) is 6.42 Å². The summed E-state index contributed by atoms with van der Waals surface area (Å²) in [6.45, 7) is 2.05. The quantitative estimate of drug-likeness (QED) is 0.592. The molecule has 1 aliphatic carbocycles. The molecule has 0 heterocycles. The molecule has 0 fully saturated rings. The van der Waals surface area contributed by atoms with Crippen molar-refractivity contribution in [1.82, 2.24) is 0 Å². The van der Waals surface area contributed by atoms with Crippen molar-refractivity contribution in [3.05, 3.63) is 89.0 Å². The number of amides is 1. The van der Waals surface area contributed by atoms with Gasteiger partial charge in [0.2, 0.25) is 0 Å². The van der Waals surface area contributed by atoms with E-state index in [2.05, 4.69) is 12.2 Å². The van der Waals surface area contributed by atoms with E-state index in [-0.39, 0.29) is 11.7 Å². The summed E-state index contributed by atoms with van der Waals surface area (Å²) < 4.78 is 0. The van der Waals surface area contributed by atoms with Crippen LogP contribution in [0.15, 0.2) is 66.7 Å². The lowest BCUT2D eigenvalue weighted by Gasteiger charge is -2.10. The first-order valence-corrected chi connectivity index (χ1v) is 8.36. The molecule has 25 heavy (non-hydrogen) atoms. The summed E-state index contributed by atoms with van der Waals surface area (Å²) in [5.74, 6) is -0.221. The van der Waals surface area contributed by atoms with Crippen molar-refractivity contribution < 1.29 is 9.59 Å². The van der Waals surface area contributed by atoms with Crippen molar-refractivity contribution in [3.8, 4) is 11.1 Å². The van der Waals surface area contributed by atoms with Gasteiger partial charge in [-0.1, -0.05) is 55.5 Å². The molecular weight excluding hydrogens is 310 g/mol. The lowest BCUT2D eigenvalue weighted by atomic mass is 10.0. The Bertz CT molecular complexity index is 1000. The topological polar surface area (TPSA) is 46.2 Å². The molecule has 0 radical (unpaired) electrons. The average molecular weight is 327 g/mol. The lowest BCUT2D eigenvalue weighted by Crippen LogP contribution is -2.13. The zero-order valence-corrected chi connectivity index (χ0v) is 13.9. The molecule has 3 aromatic rings. The first kappa shape index (κ1) is 15.3. The zero-order chi connectivity index (χ0) is 17.4. The van der Waals surface area contributed by atoms with Crippen LogP contribution in [0.2, 0.25) is 0 Å². The molecule has 3 aromatic carbocycles. The van der Waals surface area contributed by atoms with Gasteiger partial charge in [0.15, 0.2) is 5.78 Å². The molecule has 0 spiro atoms. The van der Waals surface area contributed by atoms with Crippen LogP contribution in [0.1, 0.15) is 38.8 Å². The maximum atomic E-state index is 12.6. The molecule has 4 rings (SSSR count). The van der Waals surface area contributed by atoms with E-state index in [1.54, 1.807) is 12.1 Å². The van der Waals surface area contributed by atoms with Gasteiger partial charge in [0.25, 0.3) is 5.91 Å². The standard InChI is InChI=1S/C22H17NO2/c1-2-14-7-3-6-10-20(14)23-22(25)15-11-12-17-16-8-4-5-9-18(16)21(24)19(17)13-15/h3-13H,2H2,1H3,(H,23,25). The molecule has 0 saturated carbocycles. The summed E-state index contributed by atoms with van der Waals surface area (Å²) in [5, 5.41) is 2.95. The lowest BCUT2D eigenvalue weighted by molar-refractivity contribution is 0.102. The Balaban J connectivity index is 1.67. The Morgan fingerprint density at radius 3 is 2.32 bits per heavy atom. The zero-order valence-electron chi connectivity index (χ0n) is 13.9. The second kappa shape index (κ2) is 6.02. The number of ketones is 1. The summed E-state index contributed by atoms with van der Waals surface area (Å²) in [7, 11) is 0. The normalized spacial score (nSPS) is 11.8. The predicted octanol–water partition coefficient (Wildman–Crippen LogP) is 4.71. The minimum absolute atomic E-state index is 0.0193. The fourth-order valence-electron chi connectivity index (χ4n) is 3.31. The van der Waals surface area contributed by atoms with Crippen LogP contribution in [0.5, 0.6) is 0 Å². The van der Waals surface area contributed by atoms with Gasteiger partial charge in [-0.2, -0.15) is 0 Å². The molecule has 0 bridgehead atoms. The highest BCUT2D eigenvalue weighted by Gasteiger charge is 2.27. The van der Waals surface area contributed by atoms with Crippen molar-refractivity contribution in [3.63, 3.8) is 0 Å². The van der Waals surface area contributed by atoms with Crippen molar-refractivity contribution >= 4 is 17.4 Å². The number of aryl methyl sites for hydroxylation is 1. The van der Waals surface area contributed by atoms with Gasteiger partial charge in [-0.3, -0.25) is 9.59 Å². The van der Waals surface area contributed by atoms with Crippen molar-refractivity contribution in [2.75, 3.05) is 5.32 Å². The first-order chi connectivity index (χ1) is 12.2. The molecule has 0 atom stereocenters. The van der Waals surface area contributed by atoms with Gasteiger partial charge in [0.05, 0.1) is 0 Å². The van der Waals surface area contributed by atoms with E-state index in [0.29, 0.717) is 16.7 Å². The number of fused-ring (bicyclic) bond motifs is 3. The second-order valence-corrected chi connectivity index (χ2v) is 6.10. The molecule has 1 aliphatic rings. The molecule has 0 aromatic heterocycles. The molecule has 3 nitrogen and oxygen atoms in total. The number of hydrogen-bond acceptors (Lipinski definition) is 2. The number of carbonyl (C=O) groups excluding carboxylic acids is 2. The minimum atomic E-state index is -0.201. The van der Waals surface area contributed by atoms with Crippen molar-refractivity contribution in [1.29, 1.82) is 0 Å². The third kappa shape index (κ3) is 2.54. The average Bonchev–Trinajstić information content (AvgIpc) is 2.94. The van der Waals surface area contributed by atoms with Crippen molar-refractivity contribution in [2.24, 2.45) is 0 Å². The van der Waals surface area contributed by atoms with Crippen LogP contribution in [-0.4, -0.2) is 11.7 Å². The molecule has 122 valence electrons. The summed E-state index contributed by atoms with van der Waals surface area (Å²) in [6.07, 6.45) is 0.842. The molecule has 1 N–H and O–H groups in total. The summed E-state index contributed by atoms with van der Waals surface area (Å²) in [5.41, 5.74) is 5.51. The van der Waals surface area contributed by atoms with E-state index >= 15 is 0 Å². The summed E-state index contributed by atoms with van der Waals surface area (Å²) >= 11 is 0. The van der Waals surface area contributed by atoms with Gasteiger partial charge >= 0.3 is 0 Å². The Hall–Kier alpha value is -3.20. The number of nitrogens with one attached hydrogen (secondary N) is 1. The Morgan fingerprint density at radius 1 is 0.840 bits per heavy atom.